The molecule has 0 aliphatic carbocycles. The average molecular weight is 700 g/mol. The molecule has 5 aromatic carbocycles. The van der Waals surface area contributed by atoms with Gasteiger partial charge in [-0.1, -0.05) is 87.0 Å². The predicted octanol–water partition coefficient (Wildman–Crippen LogP) is 10.4. The number of aryl methyl sites for hydroxylation is 1. The standard InChI is InChI=1S/C42H45N5O5/c1-28-6-8-29(9-7-28)26-43-36-20-12-31(24-40(36)46(48)49)38-22-23-39(45(38)34-16-14-33(15-17-34)42(2,3)4)32-13-21-37(41(25-32)47(50)51)44-27-30-10-18-35(52-5)19-11-30/h6-21,24-25,38-39,43-44H,22-23,26-27H2,1-5H3. The molecule has 10 nitrogen and oxygen atoms in total. The molecule has 0 radical (unpaired) electrons. The van der Waals surface area contributed by atoms with Gasteiger partial charge >= 0.3 is 0 Å². The summed E-state index contributed by atoms with van der Waals surface area (Å²) in [5, 5.41) is 31.3. The van der Waals surface area contributed by atoms with Gasteiger partial charge in [-0.2, -0.15) is 0 Å². The molecule has 6 rings (SSSR count). The lowest BCUT2D eigenvalue weighted by Crippen LogP contribution is -2.26. The highest BCUT2D eigenvalue weighted by atomic mass is 16.6. The molecule has 0 bridgehead atoms. The number of anilines is 3. The summed E-state index contributed by atoms with van der Waals surface area (Å²) in [6.07, 6.45) is 1.42. The van der Waals surface area contributed by atoms with E-state index in [2.05, 4.69) is 60.6 Å². The van der Waals surface area contributed by atoms with Gasteiger partial charge in [0.2, 0.25) is 0 Å². The van der Waals surface area contributed by atoms with Crippen molar-refractivity contribution in [2.24, 2.45) is 0 Å². The maximum atomic E-state index is 12.4. The molecule has 2 atom stereocenters. The first-order valence-electron chi connectivity index (χ1n) is 17.5. The molecule has 1 fully saturated rings. The molecule has 0 aromatic heterocycles. The normalized spacial score (nSPS) is 15.7. The van der Waals surface area contributed by atoms with Crippen LogP contribution >= 0.6 is 0 Å². The summed E-state index contributed by atoms with van der Waals surface area (Å²) >= 11 is 0. The fourth-order valence-corrected chi connectivity index (χ4v) is 6.92. The second-order valence-electron chi connectivity index (χ2n) is 14.4. The third-order valence-electron chi connectivity index (χ3n) is 9.87. The third-order valence-corrected chi connectivity index (χ3v) is 9.87. The molecule has 52 heavy (non-hydrogen) atoms. The van der Waals surface area contributed by atoms with Crippen LogP contribution in [0.25, 0.3) is 0 Å². The Morgan fingerprint density at radius 3 is 1.58 bits per heavy atom. The van der Waals surface area contributed by atoms with Crippen LogP contribution in [0, 0.1) is 27.2 Å². The minimum Gasteiger partial charge on any atom is -0.497 e. The van der Waals surface area contributed by atoms with Crippen LogP contribution < -0.4 is 20.3 Å². The Hall–Kier alpha value is -5.90. The summed E-state index contributed by atoms with van der Waals surface area (Å²) in [6.45, 7) is 9.40. The van der Waals surface area contributed by atoms with Crippen molar-refractivity contribution < 1.29 is 14.6 Å². The fraction of sp³-hybridized carbons (Fsp3) is 0.286. The second kappa shape index (κ2) is 15.1. The average Bonchev–Trinajstić information content (AvgIpc) is 3.59. The van der Waals surface area contributed by atoms with Crippen LogP contribution in [-0.4, -0.2) is 17.0 Å². The monoisotopic (exact) mass is 699 g/mol. The van der Waals surface area contributed by atoms with E-state index in [1.54, 1.807) is 31.4 Å². The SMILES string of the molecule is COc1ccc(CNc2ccc(C3CCC(c4ccc(NCc5ccc(C)cc5)c([N+](=O)[O-])c4)N3c3ccc(C(C)(C)C)cc3)cc2[N+](=O)[O-])cc1. The molecule has 268 valence electrons. The van der Waals surface area contributed by atoms with Gasteiger partial charge in [-0.15, -0.1) is 0 Å². The van der Waals surface area contributed by atoms with Gasteiger partial charge in [0.05, 0.1) is 29.0 Å². The summed E-state index contributed by atoms with van der Waals surface area (Å²) in [6, 6.07) is 34.5. The van der Waals surface area contributed by atoms with Crippen molar-refractivity contribution in [2.45, 2.75) is 71.1 Å². The Labute approximate surface area is 304 Å². The smallest absolute Gasteiger partial charge is 0.292 e. The molecule has 2 N–H and O–H groups in total. The number of nitrogens with one attached hydrogen (secondary N) is 2. The Bertz CT molecular complexity index is 2040. The van der Waals surface area contributed by atoms with E-state index in [-0.39, 0.29) is 38.7 Å². The maximum absolute atomic E-state index is 12.4. The number of nitro benzene ring substituents is 2. The lowest BCUT2D eigenvalue weighted by Gasteiger charge is -2.34. The van der Waals surface area contributed by atoms with Crippen LogP contribution in [0.3, 0.4) is 0 Å². The molecule has 1 aliphatic rings. The summed E-state index contributed by atoms with van der Waals surface area (Å²) in [7, 11) is 1.61. The number of hydrogen-bond acceptors (Lipinski definition) is 8. The maximum Gasteiger partial charge on any atom is 0.292 e. The van der Waals surface area contributed by atoms with Gasteiger partial charge in [0, 0.05) is 30.9 Å². The van der Waals surface area contributed by atoms with Gasteiger partial charge in [-0.25, -0.2) is 0 Å². The predicted molar refractivity (Wildman–Crippen MR) is 207 cm³/mol. The number of nitrogens with zero attached hydrogens (tertiary/aromatic N) is 3. The lowest BCUT2D eigenvalue weighted by atomic mass is 9.87. The van der Waals surface area contributed by atoms with Crippen LogP contribution in [0.15, 0.2) is 109 Å². The van der Waals surface area contributed by atoms with E-state index < -0.39 is 0 Å². The minimum absolute atomic E-state index is 0.00265. The van der Waals surface area contributed by atoms with Crippen molar-refractivity contribution in [2.75, 3.05) is 22.6 Å². The molecular weight excluding hydrogens is 654 g/mol. The summed E-state index contributed by atoms with van der Waals surface area (Å²) in [5.74, 6) is 0.742. The molecule has 0 spiro atoms. The quantitative estimate of drug-likeness (QED) is 0.0974. The van der Waals surface area contributed by atoms with Gasteiger partial charge in [-0.05, 0) is 89.4 Å². The Morgan fingerprint density at radius 2 is 1.15 bits per heavy atom. The molecule has 10 heteroatoms. The van der Waals surface area contributed by atoms with Crippen LogP contribution in [0.4, 0.5) is 28.4 Å². The van der Waals surface area contributed by atoms with E-state index in [4.69, 9.17) is 4.74 Å². The zero-order valence-electron chi connectivity index (χ0n) is 30.3. The fourth-order valence-electron chi connectivity index (χ4n) is 6.92. The van der Waals surface area contributed by atoms with Gasteiger partial charge in [0.25, 0.3) is 11.4 Å². The topological polar surface area (TPSA) is 123 Å². The largest absolute Gasteiger partial charge is 0.497 e. The third kappa shape index (κ3) is 8.01. The molecule has 2 unspecified atom stereocenters. The van der Waals surface area contributed by atoms with Crippen molar-refractivity contribution in [1.82, 2.24) is 0 Å². The summed E-state index contributed by atoms with van der Waals surface area (Å²) in [5.41, 5.74) is 7.78. The van der Waals surface area contributed by atoms with E-state index in [1.807, 2.05) is 67.6 Å². The van der Waals surface area contributed by atoms with Crippen LogP contribution in [0.1, 0.15) is 79.1 Å². The van der Waals surface area contributed by atoms with E-state index in [0.717, 1.165) is 39.3 Å². The Morgan fingerprint density at radius 1 is 0.692 bits per heavy atom. The highest BCUT2D eigenvalue weighted by Gasteiger charge is 2.37. The van der Waals surface area contributed by atoms with Crippen molar-refractivity contribution in [3.05, 3.63) is 163 Å². The molecule has 1 saturated heterocycles. The number of benzene rings is 5. The number of nitro groups is 2. The minimum atomic E-state index is -0.347. The molecule has 0 amide bonds. The first-order chi connectivity index (χ1) is 24.9. The van der Waals surface area contributed by atoms with Crippen molar-refractivity contribution in [3.63, 3.8) is 0 Å². The zero-order chi connectivity index (χ0) is 37.0. The summed E-state index contributed by atoms with van der Waals surface area (Å²) in [4.78, 5) is 26.4. The van der Waals surface area contributed by atoms with Crippen molar-refractivity contribution >= 4 is 28.4 Å². The van der Waals surface area contributed by atoms with E-state index in [9.17, 15) is 20.2 Å². The van der Waals surface area contributed by atoms with Crippen LogP contribution in [-0.2, 0) is 18.5 Å². The number of ether oxygens (including phenoxy) is 1. The second-order valence-corrected chi connectivity index (χ2v) is 14.4. The van der Waals surface area contributed by atoms with E-state index in [1.165, 1.54) is 5.56 Å². The Balaban J connectivity index is 1.32. The molecule has 1 heterocycles. The first-order valence-corrected chi connectivity index (χ1v) is 17.5. The van der Waals surface area contributed by atoms with Crippen molar-refractivity contribution in [3.8, 4) is 5.75 Å². The highest BCUT2D eigenvalue weighted by Crippen LogP contribution is 2.49. The zero-order valence-corrected chi connectivity index (χ0v) is 30.3. The van der Waals surface area contributed by atoms with Crippen LogP contribution in [0.5, 0.6) is 5.75 Å². The van der Waals surface area contributed by atoms with Gasteiger partial charge in [-0.3, -0.25) is 20.2 Å². The van der Waals surface area contributed by atoms with Gasteiger partial charge in [0.1, 0.15) is 17.1 Å². The van der Waals surface area contributed by atoms with Gasteiger partial charge < -0.3 is 20.3 Å². The number of methoxy groups -OCH3 is 1. The lowest BCUT2D eigenvalue weighted by molar-refractivity contribution is -0.384. The number of rotatable bonds is 12. The first kappa shape index (κ1) is 35.9. The summed E-state index contributed by atoms with van der Waals surface area (Å²) < 4.78 is 5.24. The molecule has 0 saturated carbocycles. The van der Waals surface area contributed by atoms with E-state index in [0.29, 0.717) is 37.3 Å². The van der Waals surface area contributed by atoms with E-state index >= 15 is 0 Å². The van der Waals surface area contributed by atoms with Crippen molar-refractivity contribution in [1.29, 1.82) is 0 Å². The number of hydrogen-bond donors (Lipinski definition) is 2. The van der Waals surface area contributed by atoms with Crippen LogP contribution in [0.2, 0.25) is 0 Å². The molecule has 5 aromatic rings. The molecular formula is C42H45N5O5. The highest BCUT2D eigenvalue weighted by molar-refractivity contribution is 5.66. The van der Waals surface area contributed by atoms with Gasteiger partial charge in [0.15, 0.2) is 0 Å². The Kier molecular flexibility index (Phi) is 10.5. The molecule has 1 aliphatic heterocycles.